The Morgan fingerprint density at radius 1 is 1.46 bits per heavy atom. The first-order valence-electron chi connectivity index (χ1n) is 8.18. The van der Waals surface area contributed by atoms with Crippen LogP contribution in [0.15, 0.2) is 18.2 Å². The van der Waals surface area contributed by atoms with Gasteiger partial charge in [0, 0.05) is 7.05 Å². The van der Waals surface area contributed by atoms with Gasteiger partial charge in [0.25, 0.3) is 0 Å². The zero-order valence-corrected chi connectivity index (χ0v) is 15.9. The Labute approximate surface area is 153 Å². The molecule has 1 aromatic carbocycles. The van der Waals surface area contributed by atoms with Crippen molar-refractivity contribution in [2.45, 2.75) is 45.2 Å². The number of nitrogens with zero attached hydrogens (tertiary/aromatic N) is 2. The van der Waals surface area contributed by atoms with Crippen molar-refractivity contribution in [2.75, 3.05) is 20.6 Å². The number of nitrogens with one attached hydrogen (secondary N) is 1. The quantitative estimate of drug-likeness (QED) is 0.794. The molecule has 24 heavy (non-hydrogen) atoms. The number of hydrogen-bond acceptors (Lipinski definition) is 3. The van der Waals surface area contributed by atoms with Crippen LogP contribution in [0.2, 0.25) is 10.0 Å². The standard InChI is InChI=1S/C17H25Cl2N3O2/c1-12(24-11-13-7-6-8-14(18)16(13)19)20-17(23)22(3)15-9-4-5-10-21(15)2/h6-8,12,15H,4-5,9-11H2,1-3H3,(H,20,23). The van der Waals surface area contributed by atoms with Crippen LogP contribution >= 0.6 is 23.2 Å². The van der Waals surface area contributed by atoms with E-state index in [4.69, 9.17) is 27.9 Å². The summed E-state index contributed by atoms with van der Waals surface area (Å²) in [6, 6.07) is 5.27. The number of likely N-dealkylation sites (tertiary alicyclic amines) is 1. The third kappa shape index (κ3) is 4.99. The van der Waals surface area contributed by atoms with E-state index in [2.05, 4.69) is 17.3 Å². The second-order valence-corrected chi connectivity index (χ2v) is 6.97. The number of rotatable bonds is 5. The molecule has 2 rings (SSSR count). The summed E-state index contributed by atoms with van der Waals surface area (Å²) in [7, 11) is 3.87. The third-order valence-electron chi connectivity index (χ3n) is 4.35. The minimum Gasteiger partial charge on any atom is -0.354 e. The molecule has 1 aliphatic rings. The Kier molecular flexibility index (Phi) is 7.16. The van der Waals surface area contributed by atoms with Gasteiger partial charge in [0.05, 0.1) is 22.8 Å². The average molecular weight is 374 g/mol. The number of halogens is 2. The number of benzene rings is 1. The van der Waals surface area contributed by atoms with E-state index in [9.17, 15) is 4.79 Å². The van der Waals surface area contributed by atoms with E-state index in [1.807, 2.05) is 19.2 Å². The largest absolute Gasteiger partial charge is 0.354 e. The number of piperidine rings is 1. The maximum atomic E-state index is 12.4. The van der Waals surface area contributed by atoms with Crippen LogP contribution < -0.4 is 5.32 Å². The molecule has 1 saturated heterocycles. The molecular weight excluding hydrogens is 349 g/mol. The first-order chi connectivity index (χ1) is 11.4. The molecule has 2 atom stereocenters. The van der Waals surface area contributed by atoms with Crippen LogP contribution in [0.4, 0.5) is 4.79 Å². The van der Waals surface area contributed by atoms with Crippen molar-refractivity contribution in [2.24, 2.45) is 0 Å². The fourth-order valence-electron chi connectivity index (χ4n) is 2.87. The van der Waals surface area contributed by atoms with Gasteiger partial charge in [-0.2, -0.15) is 0 Å². The van der Waals surface area contributed by atoms with Crippen molar-refractivity contribution in [3.63, 3.8) is 0 Å². The normalized spacial score (nSPS) is 19.8. The number of hydrogen-bond donors (Lipinski definition) is 1. The number of ether oxygens (including phenoxy) is 1. The molecule has 0 saturated carbocycles. The third-order valence-corrected chi connectivity index (χ3v) is 5.20. The van der Waals surface area contributed by atoms with Crippen LogP contribution in [0, 0.1) is 0 Å². The van der Waals surface area contributed by atoms with E-state index in [1.165, 1.54) is 6.42 Å². The summed E-state index contributed by atoms with van der Waals surface area (Å²) in [6.07, 6.45) is 3.03. The van der Waals surface area contributed by atoms with Gasteiger partial charge >= 0.3 is 6.03 Å². The first-order valence-corrected chi connectivity index (χ1v) is 8.93. The fourth-order valence-corrected chi connectivity index (χ4v) is 3.25. The zero-order chi connectivity index (χ0) is 17.7. The van der Waals surface area contributed by atoms with E-state index in [0.29, 0.717) is 10.0 Å². The van der Waals surface area contributed by atoms with Crippen LogP contribution in [-0.4, -0.2) is 48.9 Å². The van der Waals surface area contributed by atoms with Crippen molar-refractivity contribution in [1.29, 1.82) is 0 Å². The van der Waals surface area contributed by atoms with Gasteiger partial charge in [-0.05, 0) is 51.4 Å². The molecule has 2 unspecified atom stereocenters. The number of carbonyl (C=O) groups is 1. The summed E-state index contributed by atoms with van der Waals surface area (Å²) >= 11 is 12.1. The summed E-state index contributed by atoms with van der Waals surface area (Å²) < 4.78 is 5.68. The Hall–Kier alpha value is -1.01. The first kappa shape index (κ1) is 19.3. The molecule has 5 nitrogen and oxygen atoms in total. The lowest BCUT2D eigenvalue weighted by Gasteiger charge is -2.39. The molecule has 1 N–H and O–H groups in total. The van der Waals surface area contributed by atoms with E-state index < -0.39 is 6.23 Å². The Bertz CT molecular complexity index is 571. The van der Waals surface area contributed by atoms with Crippen LogP contribution in [0.1, 0.15) is 31.7 Å². The van der Waals surface area contributed by atoms with Gasteiger partial charge in [0.2, 0.25) is 0 Å². The second kappa shape index (κ2) is 8.90. The van der Waals surface area contributed by atoms with Gasteiger partial charge in [-0.25, -0.2) is 4.79 Å². The van der Waals surface area contributed by atoms with Gasteiger partial charge in [-0.3, -0.25) is 4.90 Å². The Morgan fingerprint density at radius 3 is 2.92 bits per heavy atom. The molecule has 1 heterocycles. The van der Waals surface area contributed by atoms with Crippen LogP contribution in [0.3, 0.4) is 0 Å². The summed E-state index contributed by atoms with van der Waals surface area (Å²) in [6.45, 7) is 3.10. The summed E-state index contributed by atoms with van der Waals surface area (Å²) in [5.41, 5.74) is 0.797. The number of carbonyl (C=O) groups excluding carboxylic acids is 1. The number of urea groups is 1. The lowest BCUT2D eigenvalue weighted by molar-refractivity contribution is 0.0236. The average Bonchev–Trinajstić information content (AvgIpc) is 2.56. The van der Waals surface area contributed by atoms with E-state index in [-0.39, 0.29) is 18.8 Å². The predicted molar refractivity (Wildman–Crippen MR) is 97.3 cm³/mol. The molecule has 1 fully saturated rings. The highest BCUT2D eigenvalue weighted by molar-refractivity contribution is 6.42. The zero-order valence-electron chi connectivity index (χ0n) is 14.4. The molecule has 1 aromatic rings. The van der Waals surface area contributed by atoms with E-state index in [1.54, 1.807) is 17.9 Å². The van der Waals surface area contributed by atoms with Crippen LogP contribution in [0.5, 0.6) is 0 Å². The van der Waals surface area contributed by atoms with E-state index >= 15 is 0 Å². The van der Waals surface area contributed by atoms with E-state index in [0.717, 1.165) is 24.9 Å². The van der Waals surface area contributed by atoms with Gasteiger partial charge in [0.15, 0.2) is 0 Å². The molecule has 0 aromatic heterocycles. The molecular formula is C17H25Cl2N3O2. The second-order valence-electron chi connectivity index (χ2n) is 6.18. The smallest absolute Gasteiger partial charge is 0.320 e. The molecule has 7 heteroatoms. The maximum Gasteiger partial charge on any atom is 0.320 e. The molecule has 0 radical (unpaired) electrons. The Morgan fingerprint density at radius 2 is 2.21 bits per heavy atom. The minimum atomic E-state index is -0.427. The van der Waals surface area contributed by atoms with Crippen molar-refractivity contribution in [1.82, 2.24) is 15.1 Å². The molecule has 0 spiro atoms. The summed E-state index contributed by atoms with van der Waals surface area (Å²) in [4.78, 5) is 16.3. The molecule has 0 aliphatic carbocycles. The molecule has 2 amide bonds. The van der Waals surface area contributed by atoms with Gasteiger partial charge in [-0.1, -0.05) is 35.3 Å². The highest BCUT2D eigenvalue weighted by atomic mass is 35.5. The van der Waals surface area contributed by atoms with Gasteiger partial charge in [0.1, 0.15) is 6.23 Å². The van der Waals surface area contributed by atoms with Crippen molar-refractivity contribution in [3.05, 3.63) is 33.8 Å². The monoisotopic (exact) mass is 373 g/mol. The van der Waals surface area contributed by atoms with Crippen molar-refractivity contribution < 1.29 is 9.53 Å². The van der Waals surface area contributed by atoms with Gasteiger partial charge < -0.3 is 15.0 Å². The SMILES string of the molecule is CC(NC(=O)N(C)C1CCCCN1C)OCc1cccc(Cl)c1Cl. The van der Waals surface area contributed by atoms with Crippen LogP contribution in [-0.2, 0) is 11.3 Å². The van der Waals surface area contributed by atoms with Gasteiger partial charge in [-0.15, -0.1) is 0 Å². The highest BCUT2D eigenvalue weighted by Crippen LogP contribution is 2.26. The van der Waals surface area contributed by atoms with Crippen molar-refractivity contribution >= 4 is 29.2 Å². The number of amides is 2. The highest BCUT2D eigenvalue weighted by Gasteiger charge is 2.26. The fraction of sp³-hybridized carbons (Fsp3) is 0.588. The summed E-state index contributed by atoms with van der Waals surface area (Å²) in [5.74, 6) is 0. The van der Waals surface area contributed by atoms with Crippen molar-refractivity contribution in [3.8, 4) is 0 Å². The molecule has 134 valence electrons. The van der Waals surface area contributed by atoms with Crippen LogP contribution in [0.25, 0.3) is 0 Å². The lowest BCUT2D eigenvalue weighted by atomic mass is 10.1. The summed E-state index contributed by atoms with van der Waals surface area (Å²) in [5, 5.41) is 3.84. The molecule has 0 bridgehead atoms. The maximum absolute atomic E-state index is 12.4. The minimum absolute atomic E-state index is 0.133. The predicted octanol–water partition coefficient (Wildman–Crippen LogP) is 3.94. The Balaban J connectivity index is 1.83. The molecule has 1 aliphatic heterocycles. The topological polar surface area (TPSA) is 44.8 Å². The lowest BCUT2D eigenvalue weighted by Crippen LogP contribution is -2.54.